The number of hydrogen-bond acceptors (Lipinski definition) is 4. The Kier molecular flexibility index (Phi) is 8.48. The predicted molar refractivity (Wildman–Crippen MR) is 101 cm³/mol. The lowest BCUT2D eigenvalue weighted by atomic mass is 10.1. The highest BCUT2D eigenvalue weighted by Gasteiger charge is 2.25. The highest BCUT2D eigenvalue weighted by molar-refractivity contribution is 5.80. The Labute approximate surface area is 152 Å². The second-order valence-corrected chi connectivity index (χ2v) is 7.06. The summed E-state index contributed by atoms with van der Waals surface area (Å²) in [6, 6.07) is 0.294. The van der Waals surface area contributed by atoms with Crippen molar-refractivity contribution in [2.45, 2.75) is 39.7 Å². The Morgan fingerprint density at radius 1 is 1.28 bits per heavy atom. The van der Waals surface area contributed by atoms with Gasteiger partial charge in [-0.2, -0.15) is 0 Å². The molecule has 2 rings (SSSR count). The van der Waals surface area contributed by atoms with Gasteiger partial charge in [-0.1, -0.05) is 13.8 Å². The summed E-state index contributed by atoms with van der Waals surface area (Å²) >= 11 is 0. The molecule has 2 fully saturated rings. The van der Waals surface area contributed by atoms with Crippen molar-refractivity contribution in [2.24, 2.45) is 10.9 Å². The quantitative estimate of drug-likeness (QED) is 0.516. The topological polar surface area (TPSA) is 69.2 Å². The summed E-state index contributed by atoms with van der Waals surface area (Å²) < 4.78 is 5.40. The molecule has 2 N–H and O–H groups in total. The van der Waals surface area contributed by atoms with Gasteiger partial charge in [0, 0.05) is 58.3 Å². The van der Waals surface area contributed by atoms with E-state index in [1.165, 1.54) is 0 Å². The summed E-state index contributed by atoms with van der Waals surface area (Å²) in [7, 11) is 0. The maximum absolute atomic E-state index is 11.8. The fourth-order valence-corrected chi connectivity index (χ4v) is 3.37. The van der Waals surface area contributed by atoms with Crippen LogP contribution in [0.4, 0.5) is 0 Å². The van der Waals surface area contributed by atoms with Crippen LogP contribution >= 0.6 is 0 Å². The van der Waals surface area contributed by atoms with Gasteiger partial charge in [-0.25, -0.2) is 0 Å². The molecular weight excluding hydrogens is 318 g/mol. The number of amides is 1. The molecule has 7 nitrogen and oxygen atoms in total. The predicted octanol–water partition coefficient (Wildman–Crippen LogP) is 0.521. The first-order valence-electron chi connectivity index (χ1n) is 9.75. The minimum atomic E-state index is 0.241. The molecule has 2 aliphatic heterocycles. The lowest BCUT2D eigenvalue weighted by Gasteiger charge is -2.28. The Hall–Kier alpha value is -1.34. The zero-order chi connectivity index (χ0) is 18.1. The number of hydrogen-bond donors (Lipinski definition) is 2. The van der Waals surface area contributed by atoms with Gasteiger partial charge in [-0.05, 0) is 19.3 Å². The van der Waals surface area contributed by atoms with E-state index >= 15 is 0 Å². The van der Waals surface area contributed by atoms with Crippen molar-refractivity contribution in [3.8, 4) is 0 Å². The molecule has 0 aromatic heterocycles. The molecule has 7 heteroatoms. The molecule has 0 aliphatic carbocycles. The second kappa shape index (κ2) is 10.6. The van der Waals surface area contributed by atoms with E-state index in [9.17, 15) is 4.79 Å². The number of aliphatic imine (C=N–C) groups is 1. The van der Waals surface area contributed by atoms with Gasteiger partial charge in [0.25, 0.3) is 0 Å². The zero-order valence-electron chi connectivity index (χ0n) is 16.1. The van der Waals surface area contributed by atoms with Crippen LogP contribution in [0.3, 0.4) is 0 Å². The smallest absolute Gasteiger partial charge is 0.222 e. The van der Waals surface area contributed by atoms with E-state index in [0.717, 1.165) is 71.4 Å². The number of ether oxygens (including phenoxy) is 1. The molecule has 2 atom stereocenters. The number of nitrogens with zero attached hydrogens (tertiary/aromatic N) is 3. The number of guanidine groups is 1. The van der Waals surface area contributed by atoms with Crippen molar-refractivity contribution < 1.29 is 9.53 Å². The lowest BCUT2D eigenvalue weighted by Crippen LogP contribution is -2.45. The van der Waals surface area contributed by atoms with E-state index in [-0.39, 0.29) is 5.91 Å². The minimum absolute atomic E-state index is 0.241. The highest BCUT2D eigenvalue weighted by atomic mass is 16.5. The van der Waals surface area contributed by atoms with Crippen molar-refractivity contribution in [3.05, 3.63) is 0 Å². The Bertz CT molecular complexity index is 437. The molecule has 2 unspecified atom stereocenters. The summed E-state index contributed by atoms with van der Waals surface area (Å²) in [6.07, 6.45) is 1.57. The van der Waals surface area contributed by atoms with Crippen molar-refractivity contribution in [1.82, 2.24) is 20.4 Å². The van der Waals surface area contributed by atoms with Crippen LogP contribution < -0.4 is 10.6 Å². The molecule has 0 spiro atoms. The standard InChI is InChI=1S/C18H35N5O2/c1-4-17(24)23-7-6-16(14-23)21-18(19-5-2)20-12-15(3)13-22-8-10-25-11-9-22/h15-16H,4-14H2,1-3H3,(H2,19,20,21). The molecule has 144 valence electrons. The largest absolute Gasteiger partial charge is 0.379 e. The van der Waals surface area contributed by atoms with E-state index < -0.39 is 0 Å². The molecule has 25 heavy (non-hydrogen) atoms. The molecular formula is C18H35N5O2. The van der Waals surface area contributed by atoms with Crippen LogP contribution in [0.2, 0.25) is 0 Å². The maximum Gasteiger partial charge on any atom is 0.222 e. The van der Waals surface area contributed by atoms with Gasteiger partial charge in [0.2, 0.25) is 5.91 Å². The molecule has 0 aromatic carbocycles. The van der Waals surface area contributed by atoms with E-state index in [2.05, 4.69) is 29.4 Å². The molecule has 0 saturated carbocycles. The van der Waals surface area contributed by atoms with Crippen LogP contribution in [0.5, 0.6) is 0 Å². The van der Waals surface area contributed by atoms with Crippen LogP contribution in [-0.2, 0) is 9.53 Å². The van der Waals surface area contributed by atoms with Crippen molar-refractivity contribution in [1.29, 1.82) is 0 Å². The van der Waals surface area contributed by atoms with Crippen LogP contribution in [0, 0.1) is 5.92 Å². The summed E-state index contributed by atoms with van der Waals surface area (Å²) in [5.74, 6) is 1.62. The first-order chi connectivity index (χ1) is 12.1. The molecule has 2 aliphatic rings. The second-order valence-electron chi connectivity index (χ2n) is 7.06. The van der Waals surface area contributed by atoms with Crippen LogP contribution in [-0.4, -0.2) is 86.7 Å². The van der Waals surface area contributed by atoms with Crippen molar-refractivity contribution in [2.75, 3.05) is 59.0 Å². The zero-order valence-corrected chi connectivity index (χ0v) is 16.1. The molecule has 1 amide bonds. The summed E-state index contributed by atoms with van der Waals surface area (Å²) in [6.45, 7) is 14.3. The monoisotopic (exact) mass is 353 g/mol. The van der Waals surface area contributed by atoms with Gasteiger partial charge < -0.3 is 20.3 Å². The van der Waals surface area contributed by atoms with E-state index in [1.54, 1.807) is 0 Å². The third-order valence-corrected chi connectivity index (χ3v) is 4.76. The summed E-state index contributed by atoms with van der Waals surface area (Å²) in [5, 5.41) is 6.82. The third-order valence-electron chi connectivity index (χ3n) is 4.76. The van der Waals surface area contributed by atoms with Crippen LogP contribution in [0.25, 0.3) is 0 Å². The maximum atomic E-state index is 11.8. The number of morpholine rings is 1. The first kappa shape index (κ1) is 20.0. The van der Waals surface area contributed by atoms with Gasteiger partial charge >= 0.3 is 0 Å². The first-order valence-corrected chi connectivity index (χ1v) is 9.75. The van der Waals surface area contributed by atoms with Crippen LogP contribution in [0.1, 0.15) is 33.6 Å². The molecule has 2 heterocycles. The SMILES string of the molecule is CCNC(=NCC(C)CN1CCOCC1)NC1CCN(C(=O)CC)C1. The van der Waals surface area contributed by atoms with Gasteiger partial charge in [-0.3, -0.25) is 14.7 Å². The molecule has 0 radical (unpaired) electrons. The molecule has 2 saturated heterocycles. The lowest BCUT2D eigenvalue weighted by molar-refractivity contribution is -0.129. The Morgan fingerprint density at radius 2 is 2.04 bits per heavy atom. The molecule has 0 bridgehead atoms. The fraction of sp³-hybridized carbons (Fsp3) is 0.889. The average Bonchev–Trinajstić information content (AvgIpc) is 3.08. The molecule has 0 aromatic rings. The van der Waals surface area contributed by atoms with Crippen molar-refractivity contribution >= 4 is 11.9 Å². The van der Waals surface area contributed by atoms with E-state index in [4.69, 9.17) is 9.73 Å². The van der Waals surface area contributed by atoms with E-state index in [0.29, 0.717) is 18.4 Å². The van der Waals surface area contributed by atoms with Gasteiger partial charge in [0.05, 0.1) is 13.2 Å². The number of likely N-dealkylation sites (tertiary alicyclic amines) is 1. The summed E-state index contributed by atoms with van der Waals surface area (Å²) in [5.41, 5.74) is 0. The fourth-order valence-electron chi connectivity index (χ4n) is 3.37. The van der Waals surface area contributed by atoms with Gasteiger partial charge in [0.15, 0.2) is 5.96 Å². The van der Waals surface area contributed by atoms with Gasteiger partial charge in [0.1, 0.15) is 0 Å². The summed E-state index contributed by atoms with van der Waals surface area (Å²) in [4.78, 5) is 21.0. The van der Waals surface area contributed by atoms with Crippen LogP contribution in [0.15, 0.2) is 4.99 Å². The normalized spacial score (nSPS) is 23.6. The number of nitrogens with one attached hydrogen (secondary N) is 2. The highest BCUT2D eigenvalue weighted by Crippen LogP contribution is 2.10. The number of rotatable bonds is 7. The number of carbonyl (C=O) groups excluding carboxylic acids is 1. The third kappa shape index (κ3) is 6.82. The Morgan fingerprint density at radius 3 is 2.72 bits per heavy atom. The Balaban J connectivity index is 1.78. The minimum Gasteiger partial charge on any atom is -0.379 e. The average molecular weight is 354 g/mol. The van der Waals surface area contributed by atoms with Gasteiger partial charge in [-0.15, -0.1) is 0 Å². The van der Waals surface area contributed by atoms with Crippen molar-refractivity contribution in [3.63, 3.8) is 0 Å². The number of carbonyl (C=O) groups is 1. The van der Waals surface area contributed by atoms with E-state index in [1.807, 2.05) is 11.8 Å².